The van der Waals surface area contributed by atoms with Crippen molar-refractivity contribution in [1.82, 2.24) is 4.90 Å². The molecule has 2 N–H and O–H groups in total. The molecule has 0 aromatic heterocycles. The third-order valence-electron chi connectivity index (χ3n) is 3.37. The Kier molecular flexibility index (Phi) is 4.72. The molecule has 0 bridgehead atoms. The molecule has 0 amide bonds. The molecule has 7 heteroatoms. The van der Waals surface area contributed by atoms with Crippen LogP contribution in [0.15, 0.2) is 18.2 Å². The molecule has 0 saturated carbocycles. The molecule has 2 rings (SSSR count). The minimum Gasteiger partial charge on any atom is -0.389 e. The molecule has 1 aromatic rings. The molecule has 4 nitrogen and oxygen atoms in total. The van der Waals surface area contributed by atoms with Crippen LogP contribution in [-0.4, -0.2) is 42.9 Å². The van der Waals surface area contributed by atoms with Crippen LogP contribution in [-0.2, 0) is 16.4 Å². The van der Waals surface area contributed by atoms with Gasteiger partial charge in [-0.15, -0.1) is 0 Å². The Bertz CT molecular complexity index is 617. The van der Waals surface area contributed by atoms with Gasteiger partial charge in [-0.25, -0.2) is 12.8 Å². The van der Waals surface area contributed by atoms with E-state index < -0.39 is 9.84 Å². The van der Waals surface area contributed by atoms with Crippen molar-refractivity contribution < 1.29 is 12.8 Å². The minimum atomic E-state index is -2.95. The van der Waals surface area contributed by atoms with Gasteiger partial charge in [-0.2, -0.15) is 0 Å². The van der Waals surface area contributed by atoms with E-state index in [2.05, 4.69) is 0 Å². The summed E-state index contributed by atoms with van der Waals surface area (Å²) in [5.74, 6) is 0.0137. The number of halogens is 1. The highest BCUT2D eigenvalue weighted by molar-refractivity contribution is 7.91. The van der Waals surface area contributed by atoms with Crippen LogP contribution in [0.1, 0.15) is 17.5 Å². The van der Waals surface area contributed by atoms with E-state index in [1.165, 1.54) is 6.07 Å². The fourth-order valence-electron chi connectivity index (χ4n) is 2.24. The van der Waals surface area contributed by atoms with Gasteiger partial charge in [-0.3, -0.25) is 4.90 Å². The lowest BCUT2D eigenvalue weighted by Gasteiger charge is -2.19. The largest absolute Gasteiger partial charge is 0.389 e. The van der Waals surface area contributed by atoms with Crippen molar-refractivity contribution in [3.63, 3.8) is 0 Å². The topological polar surface area (TPSA) is 63.4 Å². The van der Waals surface area contributed by atoms with E-state index in [1.807, 2.05) is 4.90 Å². The van der Waals surface area contributed by atoms with E-state index in [4.69, 9.17) is 18.0 Å². The summed E-state index contributed by atoms with van der Waals surface area (Å²) in [6.07, 6.45) is 0.582. The second-order valence-corrected chi connectivity index (χ2v) is 7.70. The quantitative estimate of drug-likeness (QED) is 0.846. The number of nitrogens with zero attached hydrogens (tertiary/aromatic N) is 1. The normalized spacial score (nSPS) is 19.4. The predicted octanol–water partition coefficient (Wildman–Crippen LogP) is 1.08. The number of nitrogens with two attached hydrogens (primary N) is 1. The summed E-state index contributed by atoms with van der Waals surface area (Å²) in [6, 6.07) is 4.53. The van der Waals surface area contributed by atoms with Gasteiger partial charge in [0.2, 0.25) is 0 Å². The first kappa shape index (κ1) is 15.3. The summed E-state index contributed by atoms with van der Waals surface area (Å²) in [7, 11) is -2.95. The highest BCUT2D eigenvalue weighted by Crippen LogP contribution is 2.15. The van der Waals surface area contributed by atoms with Gasteiger partial charge in [0, 0.05) is 24.2 Å². The van der Waals surface area contributed by atoms with Gasteiger partial charge in [0.25, 0.3) is 0 Å². The van der Waals surface area contributed by atoms with Crippen LogP contribution in [0.3, 0.4) is 0 Å². The Labute approximate surface area is 123 Å². The fraction of sp³-hybridized carbons (Fsp3) is 0.462. The van der Waals surface area contributed by atoms with Crippen LogP contribution < -0.4 is 5.73 Å². The first-order valence-electron chi connectivity index (χ1n) is 6.38. The lowest BCUT2D eigenvalue weighted by atomic mass is 10.1. The van der Waals surface area contributed by atoms with Crippen LogP contribution in [0, 0.1) is 5.82 Å². The lowest BCUT2D eigenvalue weighted by Crippen LogP contribution is -2.27. The molecule has 20 heavy (non-hydrogen) atoms. The van der Waals surface area contributed by atoms with Gasteiger partial charge in [-0.05, 0) is 31.2 Å². The average molecular weight is 316 g/mol. The van der Waals surface area contributed by atoms with Crippen molar-refractivity contribution in [2.45, 2.75) is 13.0 Å². The summed E-state index contributed by atoms with van der Waals surface area (Å²) in [4.78, 5) is 2.18. The maximum absolute atomic E-state index is 13.8. The Hall–Kier alpha value is -1.05. The van der Waals surface area contributed by atoms with Crippen molar-refractivity contribution in [3.8, 4) is 0 Å². The smallest absolute Gasteiger partial charge is 0.151 e. The molecule has 1 aromatic carbocycles. The standard InChI is InChI=1S/C13H17FN2O2S2/c14-12-3-2-10(13(15)19)8-11(12)9-16-4-1-6-20(17,18)7-5-16/h2-3,8H,1,4-7,9H2,(H2,15,19). The number of benzene rings is 1. The Morgan fingerprint density at radius 2 is 2.10 bits per heavy atom. The third-order valence-corrected chi connectivity index (χ3v) is 5.32. The molecule has 1 heterocycles. The van der Waals surface area contributed by atoms with Gasteiger partial charge < -0.3 is 5.73 Å². The van der Waals surface area contributed by atoms with Crippen molar-refractivity contribution in [3.05, 3.63) is 35.1 Å². The molecular formula is C13H17FN2O2S2. The first-order chi connectivity index (χ1) is 9.37. The highest BCUT2D eigenvalue weighted by atomic mass is 32.2. The molecule has 1 aliphatic heterocycles. The number of hydrogen-bond acceptors (Lipinski definition) is 4. The molecule has 1 aliphatic rings. The van der Waals surface area contributed by atoms with Gasteiger partial charge in [0.05, 0.1) is 11.5 Å². The zero-order valence-corrected chi connectivity index (χ0v) is 12.6. The van der Waals surface area contributed by atoms with Crippen molar-refractivity contribution in [1.29, 1.82) is 0 Å². The van der Waals surface area contributed by atoms with E-state index in [9.17, 15) is 12.8 Å². The molecule has 1 fully saturated rings. The zero-order chi connectivity index (χ0) is 14.8. The molecular weight excluding hydrogens is 299 g/mol. The van der Waals surface area contributed by atoms with Gasteiger partial charge >= 0.3 is 0 Å². The Morgan fingerprint density at radius 3 is 2.80 bits per heavy atom. The lowest BCUT2D eigenvalue weighted by molar-refractivity contribution is 0.283. The van der Waals surface area contributed by atoms with Gasteiger partial charge in [0.1, 0.15) is 10.8 Å². The molecule has 110 valence electrons. The number of rotatable bonds is 3. The molecule has 0 unspecified atom stereocenters. The average Bonchev–Trinajstić information content (AvgIpc) is 2.53. The second kappa shape index (κ2) is 6.15. The second-order valence-electron chi connectivity index (χ2n) is 4.95. The van der Waals surface area contributed by atoms with E-state index in [0.29, 0.717) is 37.2 Å². The van der Waals surface area contributed by atoms with Gasteiger partial charge in [-0.1, -0.05) is 12.2 Å². The molecule has 0 aliphatic carbocycles. The molecule has 0 radical (unpaired) electrons. The van der Waals surface area contributed by atoms with E-state index in [0.717, 1.165) is 0 Å². The number of sulfone groups is 1. The van der Waals surface area contributed by atoms with Crippen LogP contribution >= 0.6 is 12.2 Å². The summed E-state index contributed by atoms with van der Waals surface area (Å²) >= 11 is 4.88. The monoisotopic (exact) mass is 316 g/mol. The maximum Gasteiger partial charge on any atom is 0.151 e. The van der Waals surface area contributed by atoms with Crippen LogP contribution in [0.4, 0.5) is 4.39 Å². The zero-order valence-electron chi connectivity index (χ0n) is 11.0. The fourth-order valence-corrected chi connectivity index (χ4v) is 3.67. The van der Waals surface area contributed by atoms with Gasteiger partial charge in [0.15, 0.2) is 9.84 Å². The highest BCUT2D eigenvalue weighted by Gasteiger charge is 2.20. The molecule has 1 saturated heterocycles. The first-order valence-corrected chi connectivity index (χ1v) is 8.61. The molecule has 0 spiro atoms. The summed E-state index contributed by atoms with van der Waals surface area (Å²) in [5, 5.41) is 0. The third kappa shape index (κ3) is 3.97. The predicted molar refractivity (Wildman–Crippen MR) is 80.8 cm³/mol. The SMILES string of the molecule is NC(=S)c1ccc(F)c(CN2CCCS(=O)(=O)CC2)c1. The Morgan fingerprint density at radius 1 is 1.35 bits per heavy atom. The minimum absolute atomic E-state index is 0.129. The van der Waals surface area contributed by atoms with Crippen molar-refractivity contribution in [2.24, 2.45) is 5.73 Å². The van der Waals surface area contributed by atoms with Crippen LogP contribution in [0.2, 0.25) is 0 Å². The van der Waals surface area contributed by atoms with Crippen LogP contribution in [0.25, 0.3) is 0 Å². The van der Waals surface area contributed by atoms with Crippen molar-refractivity contribution in [2.75, 3.05) is 24.6 Å². The Balaban J connectivity index is 2.13. The van der Waals surface area contributed by atoms with Crippen LogP contribution in [0.5, 0.6) is 0 Å². The summed E-state index contributed by atoms with van der Waals surface area (Å²) < 4.78 is 36.9. The number of thiocarbonyl (C=S) groups is 1. The molecule has 0 atom stereocenters. The maximum atomic E-state index is 13.8. The summed E-state index contributed by atoms with van der Waals surface area (Å²) in [6.45, 7) is 1.45. The van der Waals surface area contributed by atoms with E-state index >= 15 is 0 Å². The summed E-state index contributed by atoms with van der Waals surface area (Å²) in [5.41, 5.74) is 6.66. The van der Waals surface area contributed by atoms with E-state index in [-0.39, 0.29) is 22.3 Å². The van der Waals surface area contributed by atoms with Crippen molar-refractivity contribution >= 4 is 27.0 Å². The number of hydrogen-bond donors (Lipinski definition) is 1. The van der Waals surface area contributed by atoms with E-state index in [1.54, 1.807) is 12.1 Å².